The summed E-state index contributed by atoms with van der Waals surface area (Å²) in [6, 6.07) is 5.00. The van der Waals surface area contributed by atoms with E-state index in [4.69, 9.17) is 22.7 Å². The van der Waals surface area contributed by atoms with Crippen molar-refractivity contribution in [1.29, 1.82) is 0 Å². The quantitative estimate of drug-likeness (QED) is 0.843. The predicted octanol–water partition coefficient (Wildman–Crippen LogP) is 1.68. The first-order valence-corrected chi connectivity index (χ1v) is 6.35. The molecule has 2 N–H and O–H groups in total. The second-order valence-corrected chi connectivity index (χ2v) is 5.04. The zero-order valence-electron chi connectivity index (χ0n) is 10.4. The van der Waals surface area contributed by atoms with E-state index in [-0.39, 0.29) is 10.8 Å². The molecular formula is C13H17FN2OS. The lowest BCUT2D eigenvalue weighted by Gasteiger charge is -2.24. The van der Waals surface area contributed by atoms with Gasteiger partial charge >= 0.3 is 0 Å². The van der Waals surface area contributed by atoms with Crippen LogP contribution in [0.1, 0.15) is 17.5 Å². The third-order valence-corrected chi connectivity index (χ3v) is 3.51. The number of rotatable bonds is 4. The van der Waals surface area contributed by atoms with Gasteiger partial charge in [-0.2, -0.15) is 0 Å². The van der Waals surface area contributed by atoms with Gasteiger partial charge in [0.1, 0.15) is 10.8 Å². The monoisotopic (exact) mass is 268 g/mol. The van der Waals surface area contributed by atoms with Crippen molar-refractivity contribution >= 4 is 17.2 Å². The summed E-state index contributed by atoms with van der Waals surface area (Å²) in [5.74, 6) is -0.312. The Morgan fingerprint density at radius 2 is 2.39 bits per heavy atom. The lowest BCUT2D eigenvalue weighted by molar-refractivity contribution is 0.156. The Kier molecular flexibility index (Phi) is 4.27. The van der Waals surface area contributed by atoms with Crippen LogP contribution in [0.5, 0.6) is 0 Å². The van der Waals surface area contributed by atoms with Gasteiger partial charge in [0.05, 0.1) is 6.61 Å². The molecule has 98 valence electrons. The number of likely N-dealkylation sites (N-methyl/N-ethyl adjacent to an activating group) is 1. The van der Waals surface area contributed by atoms with Gasteiger partial charge in [-0.3, -0.25) is 4.90 Å². The highest BCUT2D eigenvalue weighted by molar-refractivity contribution is 7.80. The fourth-order valence-corrected chi connectivity index (χ4v) is 2.37. The second-order valence-electron chi connectivity index (χ2n) is 4.60. The highest BCUT2D eigenvalue weighted by Gasteiger charge is 2.21. The molecule has 1 aromatic rings. The number of ether oxygens (including phenoxy) is 1. The highest BCUT2D eigenvalue weighted by atomic mass is 32.1. The largest absolute Gasteiger partial charge is 0.389 e. The summed E-state index contributed by atoms with van der Waals surface area (Å²) in [5, 5.41) is 0. The maximum atomic E-state index is 13.2. The predicted molar refractivity (Wildman–Crippen MR) is 73.0 cm³/mol. The average molecular weight is 268 g/mol. The van der Waals surface area contributed by atoms with E-state index in [0.717, 1.165) is 25.2 Å². The molecule has 1 aliphatic heterocycles. The first-order chi connectivity index (χ1) is 8.58. The van der Waals surface area contributed by atoms with Gasteiger partial charge in [0, 0.05) is 24.8 Å². The highest BCUT2D eigenvalue weighted by Crippen LogP contribution is 2.17. The summed E-state index contributed by atoms with van der Waals surface area (Å²) in [4.78, 5) is 2.43. The van der Waals surface area contributed by atoms with Crippen LogP contribution in [0.3, 0.4) is 0 Å². The molecule has 0 saturated carbocycles. The Hall–Kier alpha value is -1.04. The van der Waals surface area contributed by atoms with Gasteiger partial charge < -0.3 is 10.5 Å². The molecule has 1 aliphatic rings. The maximum absolute atomic E-state index is 13.2. The van der Waals surface area contributed by atoms with Crippen LogP contribution in [-0.2, 0) is 11.3 Å². The van der Waals surface area contributed by atoms with E-state index in [1.54, 1.807) is 6.07 Å². The fraction of sp³-hybridized carbons (Fsp3) is 0.462. The van der Waals surface area contributed by atoms with Gasteiger partial charge in [-0.1, -0.05) is 18.3 Å². The van der Waals surface area contributed by atoms with Crippen molar-refractivity contribution in [3.8, 4) is 0 Å². The van der Waals surface area contributed by atoms with Crippen molar-refractivity contribution in [1.82, 2.24) is 4.90 Å². The van der Waals surface area contributed by atoms with Crippen molar-refractivity contribution in [2.75, 3.05) is 20.3 Å². The molecular weight excluding hydrogens is 251 g/mol. The van der Waals surface area contributed by atoms with E-state index in [0.29, 0.717) is 18.2 Å². The van der Waals surface area contributed by atoms with Crippen molar-refractivity contribution in [2.45, 2.75) is 19.0 Å². The molecule has 0 spiro atoms. The molecule has 1 heterocycles. The molecule has 1 aromatic carbocycles. The molecule has 5 heteroatoms. The molecule has 18 heavy (non-hydrogen) atoms. The lowest BCUT2D eigenvalue weighted by Crippen LogP contribution is -2.32. The minimum absolute atomic E-state index is 0.237. The topological polar surface area (TPSA) is 38.5 Å². The smallest absolute Gasteiger partial charge is 0.123 e. The van der Waals surface area contributed by atoms with Crippen molar-refractivity contribution in [3.63, 3.8) is 0 Å². The van der Waals surface area contributed by atoms with Gasteiger partial charge in [0.2, 0.25) is 0 Å². The summed E-state index contributed by atoms with van der Waals surface area (Å²) in [6.45, 7) is 2.25. The zero-order chi connectivity index (χ0) is 13.1. The fourth-order valence-electron chi connectivity index (χ4n) is 2.18. The molecule has 1 saturated heterocycles. The lowest BCUT2D eigenvalue weighted by atomic mass is 10.1. The average Bonchev–Trinajstić information content (AvgIpc) is 2.84. The van der Waals surface area contributed by atoms with Crippen LogP contribution >= 0.6 is 12.2 Å². The molecule has 1 fully saturated rings. The summed E-state index contributed by atoms with van der Waals surface area (Å²) in [5.41, 5.74) is 7.21. The first-order valence-electron chi connectivity index (χ1n) is 5.94. The Labute approximate surface area is 112 Å². The Bertz CT molecular complexity index is 447. The molecule has 0 aromatic heterocycles. The third kappa shape index (κ3) is 3.04. The van der Waals surface area contributed by atoms with E-state index < -0.39 is 0 Å². The van der Waals surface area contributed by atoms with Crippen LogP contribution in [-0.4, -0.2) is 36.2 Å². The number of hydrogen-bond donors (Lipinski definition) is 1. The van der Waals surface area contributed by atoms with Gasteiger partial charge in [0.15, 0.2) is 0 Å². The molecule has 0 bridgehead atoms. The van der Waals surface area contributed by atoms with Crippen LogP contribution in [0.15, 0.2) is 18.2 Å². The van der Waals surface area contributed by atoms with Gasteiger partial charge in [-0.25, -0.2) is 4.39 Å². The van der Waals surface area contributed by atoms with Crippen molar-refractivity contribution < 1.29 is 9.13 Å². The number of nitrogens with two attached hydrogens (primary N) is 1. The van der Waals surface area contributed by atoms with Crippen LogP contribution in [0.25, 0.3) is 0 Å². The summed E-state index contributed by atoms with van der Waals surface area (Å²) < 4.78 is 18.6. The summed E-state index contributed by atoms with van der Waals surface area (Å²) in [6.07, 6.45) is 1.03. The van der Waals surface area contributed by atoms with Crippen molar-refractivity contribution in [3.05, 3.63) is 35.1 Å². The number of hydrogen-bond acceptors (Lipinski definition) is 3. The normalized spacial score (nSPS) is 19.4. The molecule has 0 radical (unpaired) electrons. The number of thiocarbonyl (C=S) groups is 1. The molecule has 0 aliphatic carbocycles. The van der Waals surface area contributed by atoms with Crippen LogP contribution in [0, 0.1) is 5.82 Å². The molecule has 0 amide bonds. The van der Waals surface area contributed by atoms with E-state index in [9.17, 15) is 4.39 Å². The minimum atomic E-state index is -0.312. The molecule has 1 unspecified atom stereocenters. The van der Waals surface area contributed by atoms with Crippen LogP contribution in [0.2, 0.25) is 0 Å². The second kappa shape index (κ2) is 5.73. The molecule has 2 rings (SSSR count). The number of benzene rings is 1. The SMILES string of the molecule is CN(Cc1ccc(F)cc1C(N)=S)C1CCOC1. The van der Waals surface area contributed by atoms with Crippen LogP contribution < -0.4 is 5.73 Å². The summed E-state index contributed by atoms with van der Waals surface area (Å²) >= 11 is 4.96. The summed E-state index contributed by atoms with van der Waals surface area (Å²) in [7, 11) is 2.03. The van der Waals surface area contributed by atoms with E-state index in [2.05, 4.69) is 4.90 Å². The Morgan fingerprint density at radius 3 is 3.00 bits per heavy atom. The van der Waals surface area contributed by atoms with E-state index in [1.165, 1.54) is 12.1 Å². The molecule has 1 atom stereocenters. The van der Waals surface area contributed by atoms with Gasteiger partial charge in [-0.15, -0.1) is 0 Å². The Balaban J connectivity index is 2.15. The first kappa shape index (κ1) is 13.4. The Morgan fingerprint density at radius 1 is 1.61 bits per heavy atom. The van der Waals surface area contributed by atoms with E-state index in [1.807, 2.05) is 7.05 Å². The number of halogens is 1. The maximum Gasteiger partial charge on any atom is 0.123 e. The van der Waals surface area contributed by atoms with E-state index >= 15 is 0 Å². The molecule has 3 nitrogen and oxygen atoms in total. The van der Waals surface area contributed by atoms with Gasteiger partial charge in [-0.05, 0) is 31.2 Å². The third-order valence-electron chi connectivity index (χ3n) is 3.29. The van der Waals surface area contributed by atoms with Crippen LogP contribution in [0.4, 0.5) is 4.39 Å². The standard InChI is InChI=1S/C13H17FN2OS/c1-16(11-4-5-17-8-11)7-9-2-3-10(14)6-12(9)13(15)18/h2-3,6,11H,4-5,7-8H2,1H3,(H2,15,18). The van der Waals surface area contributed by atoms with Gasteiger partial charge in [0.25, 0.3) is 0 Å². The zero-order valence-corrected chi connectivity index (χ0v) is 11.2. The van der Waals surface area contributed by atoms with Crippen molar-refractivity contribution in [2.24, 2.45) is 5.73 Å². The minimum Gasteiger partial charge on any atom is -0.389 e. The number of nitrogens with zero attached hydrogens (tertiary/aromatic N) is 1.